The van der Waals surface area contributed by atoms with Crippen LogP contribution in [0.1, 0.15) is 27.2 Å². The van der Waals surface area contributed by atoms with Crippen LogP contribution < -0.4 is 0 Å². The number of carbonyl (C=O) groups is 1. The van der Waals surface area contributed by atoms with E-state index in [9.17, 15) is 4.79 Å². The van der Waals surface area contributed by atoms with E-state index < -0.39 is 0 Å². The fourth-order valence-corrected chi connectivity index (χ4v) is 1.46. The number of rotatable bonds is 2. The van der Waals surface area contributed by atoms with E-state index in [2.05, 4.69) is 4.98 Å². The van der Waals surface area contributed by atoms with E-state index in [1.165, 1.54) is 6.26 Å². The van der Waals surface area contributed by atoms with E-state index in [0.29, 0.717) is 11.1 Å². The van der Waals surface area contributed by atoms with Crippen molar-refractivity contribution in [3.8, 4) is 0 Å². The molecule has 2 aromatic heterocycles. The van der Waals surface area contributed by atoms with E-state index in [-0.39, 0.29) is 5.78 Å². The molecule has 76 valence electrons. The second-order valence-electron chi connectivity index (χ2n) is 3.43. The zero-order valence-corrected chi connectivity index (χ0v) is 8.65. The molecule has 0 saturated carbocycles. The van der Waals surface area contributed by atoms with Crippen LogP contribution in [0, 0.1) is 13.8 Å². The zero-order valence-electron chi connectivity index (χ0n) is 8.65. The third-order valence-electron chi connectivity index (χ3n) is 2.35. The van der Waals surface area contributed by atoms with Crippen LogP contribution in [0.4, 0.5) is 0 Å². The fraction of sp³-hybridized carbons (Fsp3) is 0.167. The monoisotopic (exact) mass is 201 g/mol. The molecule has 0 spiro atoms. The lowest BCUT2D eigenvalue weighted by Crippen LogP contribution is -2.04. The molecule has 0 aliphatic rings. The number of aromatic nitrogens is 1. The van der Waals surface area contributed by atoms with Crippen LogP contribution in [0.3, 0.4) is 0 Å². The summed E-state index contributed by atoms with van der Waals surface area (Å²) in [5, 5.41) is 0. The third kappa shape index (κ3) is 1.68. The summed E-state index contributed by atoms with van der Waals surface area (Å²) in [5.41, 5.74) is 2.82. The molecule has 3 nitrogen and oxygen atoms in total. The van der Waals surface area contributed by atoms with Gasteiger partial charge in [-0.15, -0.1) is 0 Å². The molecule has 0 aliphatic heterocycles. The van der Waals surface area contributed by atoms with Gasteiger partial charge in [0.05, 0.1) is 11.8 Å². The average Bonchev–Trinajstić information content (AvgIpc) is 2.64. The predicted octanol–water partition coefficient (Wildman–Crippen LogP) is 2.52. The van der Waals surface area contributed by atoms with Gasteiger partial charge in [0.25, 0.3) is 0 Å². The molecule has 0 N–H and O–H groups in total. The van der Waals surface area contributed by atoms with Crippen molar-refractivity contribution < 1.29 is 9.21 Å². The molecular weight excluding hydrogens is 190 g/mol. The van der Waals surface area contributed by atoms with Gasteiger partial charge in [0, 0.05) is 17.5 Å². The highest BCUT2D eigenvalue weighted by atomic mass is 16.3. The second kappa shape index (κ2) is 3.69. The summed E-state index contributed by atoms with van der Waals surface area (Å²) in [6.07, 6.45) is 4.72. The van der Waals surface area contributed by atoms with Gasteiger partial charge in [-0.05, 0) is 31.5 Å². The van der Waals surface area contributed by atoms with E-state index in [1.807, 2.05) is 13.8 Å². The summed E-state index contributed by atoms with van der Waals surface area (Å²) in [6.45, 7) is 3.67. The first-order chi connectivity index (χ1) is 7.20. The van der Waals surface area contributed by atoms with Crippen molar-refractivity contribution in [2.45, 2.75) is 13.8 Å². The Morgan fingerprint density at radius 2 is 2.07 bits per heavy atom. The van der Waals surface area contributed by atoms with Gasteiger partial charge in [-0.2, -0.15) is 0 Å². The maximum Gasteiger partial charge on any atom is 0.198 e. The molecule has 2 rings (SSSR count). The molecule has 0 atom stereocenters. The number of pyridine rings is 1. The summed E-state index contributed by atoms with van der Waals surface area (Å²) < 4.78 is 4.99. The van der Waals surface area contributed by atoms with Gasteiger partial charge in [0.1, 0.15) is 6.26 Å². The first kappa shape index (κ1) is 9.65. The second-order valence-corrected chi connectivity index (χ2v) is 3.43. The van der Waals surface area contributed by atoms with Gasteiger partial charge in [-0.3, -0.25) is 9.78 Å². The minimum atomic E-state index is -0.0353. The largest absolute Gasteiger partial charge is 0.472 e. The Morgan fingerprint density at radius 1 is 1.27 bits per heavy atom. The van der Waals surface area contributed by atoms with Crippen LogP contribution in [0.5, 0.6) is 0 Å². The van der Waals surface area contributed by atoms with Gasteiger partial charge in [-0.1, -0.05) is 0 Å². The van der Waals surface area contributed by atoms with Crippen molar-refractivity contribution >= 4 is 5.78 Å². The SMILES string of the molecule is Cc1cocc1C(=O)c1cccnc1C. The Kier molecular flexibility index (Phi) is 2.37. The average molecular weight is 201 g/mol. The summed E-state index contributed by atoms with van der Waals surface area (Å²) in [4.78, 5) is 16.1. The van der Waals surface area contributed by atoms with E-state index in [0.717, 1.165) is 11.3 Å². The highest BCUT2D eigenvalue weighted by Gasteiger charge is 2.15. The lowest BCUT2D eigenvalue weighted by molar-refractivity contribution is 0.103. The number of furan rings is 1. The van der Waals surface area contributed by atoms with E-state index in [4.69, 9.17) is 4.42 Å². The highest BCUT2D eigenvalue weighted by molar-refractivity contribution is 6.10. The normalized spacial score (nSPS) is 10.3. The molecule has 0 aliphatic carbocycles. The number of nitrogens with zero attached hydrogens (tertiary/aromatic N) is 1. The van der Waals surface area contributed by atoms with Crippen LogP contribution in [-0.2, 0) is 0 Å². The van der Waals surface area contributed by atoms with Crippen LogP contribution in [0.15, 0.2) is 35.3 Å². The summed E-state index contributed by atoms with van der Waals surface area (Å²) in [7, 11) is 0. The van der Waals surface area contributed by atoms with Gasteiger partial charge in [0.2, 0.25) is 0 Å². The molecular formula is C12H11NO2. The smallest absolute Gasteiger partial charge is 0.198 e. The topological polar surface area (TPSA) is 43.1 Å². The minimum absolute atomic E-state index is 0.0353. The van der Waals surface area contributed by atoms with Gasteiger partial charge >= 0.3 is 0 Å². The summed E-state index contributed by atoms with van der Waals surface area (Å²) in [6, 6.07) is 3.53. The van der Waals surface area contributed by atoms with Crippen LogP contribution in [-0.4, -0.2) is 10.8 Å². The first-order valence-corrected chi connectivity index (χ1v) is 4.69. The lowest BCUT2D eigenvalue weighted by Gasteiger charge is -2.01. The number of hydrogen-bond donors (Lipinski definition) is 0. The molecule has 0 saturated heterocycles. The Balaban J connectivity index is 2.46. The third-order valence-corrected chi connectivity index (χ3v) is 2.35. The molecule has 0 unspecified atom stereocenters. The zero-order chi connectivity index (χ0) is 10.8. The predicted molar refractivity (Wildman–Crippen MR) is 55.9 cm³/mol. The van der Waals surface area contributed by atoms with Crippen molar-refractivity contribution in [3.05, 3.63) is 53.2 Å². The fourth-order valence-electron chi connectivity index (χ4n) is 1.46. The van der Waals surface area contributed by atoms with Gasteiger partial charge in [0.15, 0.2) is 5.78 Å². The molecule has 2 heterocycles. The van der Waals surface area contributed by atoms with Gasteiger partial charge < -0.3 is 4.42 Å². The molecule has 15 heavy (non-hydrogen) atoms. The maximum atomic E-state index is 12.0. The minimum Gasteiger partial charge on any atom is -0.472 e. The molecule has 0 amide bonds. The Morgan fingerprint density at radius 3 is 2.67 bits per heavy atom. The first-order valence-electron chi connectivity index (χ1n) is 4.69. The Labute approximate surface area is 87.8 Å². The Hall–Kier alpha value is -1.90. The van der Waals surface area contributed by atoms with Crippen molar-refractivity contribution in [2.75, 3.05) is 0 Å². The highest BCUT2D eigenvalue weighted by Crippen LogP contribution is 2.16. The lowest BCUT2D eigenvalue weighted by atomic mass is 10.0. The molecule has 0 radical (unpaired) electrons. The van der Waals surface area contributed by atoms with Crippen LogP contribution >= 0.6 is 0 Å². The standard InChI is InChI=1S/C12H11NO2/c1-8-6-15-7-11(8)12(14)10-4-3-5-13-9(10)2/h3-7H,1-2H3. The summed E-state index contributed by atoms with van der Waals surface area (Å²) >= 11 is 0. The number of carbonyl (C=O) groups excluding carboxylic acids is 1. The number of ketones is 1. The molecule has 3 heteroatoms. The van der Waals surface area contributed by atoms with E-state index in [1.54, 1.807) is 24.6 Å². The maximum absolute atomic E-state index is 12.0. The molecule has 0 fully saturated rings. The molecule has 0 bridgehead atoms. The van der Waals surface area contributed by atoms with Crippen molar-refractivity contribution in [1.29, 1.82) is 0 Å². The van der Waals surface area contributed by atoms with Crippen LogP contribution in [0.2, 0.25) is 0 Å². The van der Waals surface area contributed by atoms with Gasteiger partial charge in [-0.25, -0.2) is 0 Å². The molecule has 2 aromatic rings. The summed E-state index contributed by atoms with van der Waals surface area (Å²) in [5.74, 6) is -0.0353. The van der Waals surface area contributed by atoms with E-state index >= 15 is 0 Å². The van der Waals surface area contributed by atoms with Crippen LogP contribution in [0.25, 0.3) is 0 Å². The quantitative estimate of drug-likeness (QED) is 0.701. The van der Waals surface area contributed by atoms with Crippen molar-refractivity contribution in [2.24, 2.45) is 0 Å². The Bertz CT molecular complexity index is 500. The number of hydrogen-bond acceptors (Lipinski definition) is 3. The van der Waals surface area contributed by atoms with Crippen molar-refractivity contribution in [3.63, 3.8) is 0 Å². The number of aryl methyl sites for hydroxylation is 2. The molecule has 0 aromatic carbocycles. The van der Waals surface area contributed by atoms with Crippen molar-refractivity contribution in [1.82, 2.24) is 4.98 Å².